The first kappa shape index (κ1) is 7.61. The van der Waals surface area contributed by atoms with Gasteiger partial charge in [0.05, 0.1) is 6.54 Å². The van der Waals surface area contributed by atoms with Crippen LogP contribution in [0.15, 0.2) is 4.52 Å². The second kappa shape index (κ2) is 3.62. The Hall–Kier alpha value is -1.50. The van der Waals surface area contributed by atoms with Crippen molar-refractivity contribution in [3.63, 3.8) is 0 Å². The molecule has 11 heavy (non-hydrogen) atoms. The van der Waals surface area contributed by atoms with Crippen LogP contribution in [0.4, 0.5) is 6.01 Å². The second-order valence-electron chi connectivity index (χ2n) is 1.93. The minimum atomic E-state index is 0.422. The predicted octanol–water partition coefficient (Wildman–Crippen LogP) is 0.813. The molecule has 0 aliphatic heterocycles. The van der Waals surface area contributed by atoms with Crippen molar-refractivity contribution in [2.75, 3.05) is 11.9 Å². The monoisotopic (exact) mass is 151 g/mol. The van der Waals surface area contributed by atoms with Crippen LogP contribution in [0.5, 0.6) is 0 Å². The predicted molar refractivity (Wildman–Crippen MR) is 41.0 cm³/mol. The van der Waals surface area contributed by atoms with Crippen LogP contribution >= 0.6 is 0 Å². The Labute approximate surface area is 65.0 Å². The zero-order chi connectivity index (χ0) is 8.10. The van der Waals surface area contributed by atoms with E-state index >= 15 is 0 Å². The number of nitrogens with one attached hydrogen (secondary N) is 1. The van der Waals surface area contributed by atoms with Crippen LogP contribution in [-0.4, -0.2) is 16.7 Å². The Balaban J connectivity index is 2.43. The van der Waals surface area contributed by atoms with Gasteiger partial charge in [-0.25, -0.2) is 0 Å². The topological polar surface area (TPSA) is 51.0 Å². The number of hydrogen-bond acceptors (Lipinski definition) is 4. The molecule has 4 heteroatoms. The summed E-state index contributed by atoms with van der Waals surface area (Å²) in [6.45, 7) is 4.08. The molecule has 1 rings (SSSR count). The normalized spacial score (nSPS) is 8.55. The Morgan fingerprint density at radius 3 is 3.00 bits per heavy atom. The molecule has 0 bridgehead atoms. The van der Waals surface area contributed by atoms with Crippen molar-refractivity contribution in [2.24, 2.45) is 0 Å². The molecule has 0 aliphatic carbocycles. The van der Waals surface area contributed by atoms with Gasteiger partial charge in [0.15, 0.2) is 5.82 Å². The highest BCUT2D eigenvalue weighted by molar-refractivity contribution is 5.21. The fourth-order valence-electron chi connectivity index (χ4n) is 0.577. The Morgan fingerprint density at radius 2 is 2.45 bits per heavy atom. The summed E-state index contributed by atoms with van der Waals surface area (Å²) in [4.78, 5) is 3.93. The summed E-state index contributed by atoms with van der Waals surface area (Å²) in [6, 6.07) is 0.422. The van der Waals surface area contributed by atoms with Gasteiger partial charge >= 0.3 is 6.01 Å². The van der Waals surface area contributed by atoms with E-state index < -0.39 is 0 Å². The Bertz CT molecular complexity index is 281. The number of hydrogen-bond donors (Lipinski definition) is 1. The van der Waals surface area contributed by atoms with Crippen molar-refractivity contribution in [2.45, 2.75) is 13.8 Å². The van der Waals surface area contributed by atoms with Gasteiger partial charge in [0.25, 0.3) is 0 Å². The van der Waals surface area contributed by atoms with Crippen LogP contribution in [0.2, 0.25) is 0 Å². The van der Waals surface area contributed by atoms with Crippen LogP contribution in [0.3, 0.4) is 0 Å². The Morgan fingerprint density at radius 1 is 1.64 bits per heavy atom. The average molecular weight is 151 g/mol. The van der Waals surface area contributed by atoms with E-state index in [9.17, 15) is 0 Å². The molecule has 0 unspecified atom stereocenters. The summed E-state index contributed by atoms with van der Waals surface area (Å²) >= 11 is 0. The lowest BCUT2D eigenvalue weighted by Crippen LogP contribution is -1.98. The van der Waals surface area contributed by atoms with Gasteiger partial charge in [-0.2, -0.15) is 4.98 Å². The molecule has 0 radical (unpaired) electrons. The van der Waals surface area contributed by atoms with Gasteiger partial charge in [-0.3, -0.25) is 0 Å². The summed E-state index contributed by atoms with van der Waals surface area (Å²) in [5.74, 6) is 6.18. The summed E-state index contributed by atoms with van der Waals surface area (Å²) in [7, 11) is 0. The molecule has 1 aromatic rings. The zero-order valence-electron chi connectivity index (χ0n) is 6.51. The fraction of sp³-hybridized carbons (Fsp3) is 0.429. The van der Waals surface area contributed by atoms with Gasteiger partial charge in [0.2, 0.25) is 0 Å². The number of aromatic nitrogens is 2. The van der Waals surface area contributed by atoms with Crippen LogP contribution in [0.25, 0.3) is 0 Å². The maximum Gasteiger partial charge on any atom is 0.322 e. The van der Waals surface area contributed by atoms with Gasteiger partial charge in [0, 0.05) is 0 Å². The maximum atomic E-state index is 4.77. The summed E-state index contributed by atoms with van der Waals surface area (Å²) in [6.07, 6.45) is 0. The second-order valence-corrected chi connectivity index (χ2v) is 1.93. The number of rotatable bonds is 2. The molecule has 1 heterocycles. The van der Waals surface area contributed by atoms with Crippen molar-refractivity contribution < 1.29 is 4.52 Å². The van der Waals surface area contributed by atoms with Gasteiger partial charge in [-0.1, -0.05) is 11.1 Å². The smallest absolute Gasteiger partial charge is 0.322 e. The number of aryl methyl sites for hydroxylation is 1. The van der Waals surface area contributed by atoms with Crippen molar-refractivity contribution in [1.82, 2.24) is 10.1 Å². The Kier molecular flexibility index (Phi) is 2.50. The minimum absolute atomic E-state index is 0.422. The third kappa shape index (κ3) is 2.30. The third-order valence-electron chi connectivity index (χ3n) is 1.03. The molecule has 4 nitrogen and oxygen atoms in total. The minimum Gasteiger partial charge on any atom is -0.327 e. The first-order valence-corrected chi connectivity index (χ1v) is 3.26. The first-order valence-electron chi connectivity index (χ1n) is 3.26. The molecule has 1 aromatic heterocycles. The summed E-state index contributed by atoms with van der Waals surface area (Å²) in [5, 5.41) is 6.45. The van der Waals surface area contributed by atoms with Gasteiger partial charge in [0.1, 0.15) is 0 Å². The molecule has 1 N–H and O–H groups in total. The fourth-order valence-corrected chi connectivity index (χ4v) is 0.577. The number of nitrogens with zero attached hydrogens (tertiary/aromatic N) is 2. The van der Waals surface area contributed by atoms with E-state index in [1.165, 1.54) is 0 Å². The SMILES string of the molecule is CC#CCNc1nc(C)no1. The van der Waals surface area contributed by atoms with Crippen molar-refractivity contribution in [3.05, 3.63) is 5.82 Å². The van der Waals surface area contributed by atoms with Crippen molar-refractivity contribution in [1.29, 1.82) is 0 Å². The highest BCUT2D eigenvalue weighted by Gasteiger charge is 1.97. The average Bonchev–Trinajstić information content (AvgIpc) is 2.37. The largest absolute Gasteiger partial charge is 0.327 e. The number of anilines is 1. The molecule has 0 aliphatic rings. The van der Waals surface area contributed by atoms with E-state index in [4.69, 9.17) is 4.52 Å². The van der Waals surface area contributed by atoms with Crippen LogP contribution < -0.4 is 5.32 Å². The van der Waals surface area contributed by atoms with E-state index in [1.54, 1.807) is 13.8 Å². The van der Waals surface area contributed by atoms with Gasteiger partial charge in [-0.15, -0.1) is 5.92 Å². The summed E-state index contributed by atoms with van der Waals surface area (Å²) in [5.41, 5.74) is 0. The van der Waals surface area contributed by atoms with E-state index in [0.717, 1.165) is 0 Å². The molecule has 0 saturated carbocycles. The molecule has 58 valence electrons. The van der Waals surface area contributed by atoms with Gasteiger partial charge < -0.3 is 9.84 Å². The van der Waals surface area contributed by atoms with Gasteiger partial charge in [-0.05, 0) is 13.8 Å². The molecule has 0 atom stereocenters. The van der Waals surface area contributed by atoms with Crippen molar-refractivity contribution >= 4 is 6.01 Å². The molecule has 0 spiro atoms. The molecule has 0 saturated heterocycles. The lowest BCUT2D eigenvalue weighted by molar-refractivity contribution is 0.426. The van der Waals surface area contributed by atoms with E-state index in [0.29, 0.717) is 18.4 Å². The van der Waals surface area contributed by atoms with Crippen LogP contribution in [0.1, 0.15) is 12.7 Å². The first-order chi connectivity index (χ1) is 5.33. The maximum absolute atomic E-state index is 4.77. The molecular weight excluding hydrogens is 142 g/mol. The standard InChI is InChI=1S/C7H9N3O/c1-3-4-5-8-7-9-6(2)10-11-7/h5H2,1-2H3,(H,8,9,10). The highest BCUT2D eigenvalue weighted by atomic mass is 16.5. The molecular formula is C7H9N3O. The van der Waals surface area contributed by atoms with E-state index in [-0.39, 0.29) is 0 Å². The highest BCUT2D eigenvalue weighted by Crippen LogP contribution is 1.99. The van der Waals surface area contributed by atoms with Crippen LogP contribution in [0, 0.1) is 18.8 Å². The molecule has 0 amide bonds. The zero-order valence-corrected chi connectivity index (χ0v) is 6.51. The van der Waals surface area contributed by atoms with Crippen LogP contribution in [-0.2, 0) is 0 Å². The van der Waals surface area contributed by atoms with E-state index in [2.05, 4.69) is 27.3 Å². The quantitative estimate of drug-likeness (QED) is 0.635. The molecule has 0 aromatic carbocycles. The lowest BCUT2D eigenvalue weighted by atomic mass is 10.6. The third-order valence-corrected chi connectivity index (χ3v) is 1.03. The van der Waals surface area contributed by atoms with Crippen molar-refractivity contribution in [3.8, 4) is 11.8 Å². The van der Waals surface area contributed by atoms with E-state index in [1.807, 2.05) is 0 Å². The lowest BCUT2D eigenvalue weighted by Gasteiger charge is -1.89. The summed E-state index contributed by atoms with van der Waals surface area (Å²) < 4.78 is 4.77. The molecule has 0 fully saturated rings.